The first-order valence-electron chi connectivity index (χ1n) is 6.96. The highest BCUT2D eigenvalue weighted by molar-refractivity contribution is 5.85. The van der Waals surface area contributed by atoms with E-state index in [9.17, 15) is 4.39 Å². The number of nitrogens with one attached hydrogen (secondary N) is 1. The predicted octanol–water partition coefficient (Wildman–Crippen LogP) is 3.33. The van der Waals surface area contributed by atoms with Crippen LogP contribution in [-0.4, -0.2) is 31.1 Å². The van der Waals surface area contributed by atoms with Gasteiger partial charge in [-0.1, -0.05) is 6.07 Å². The van der Waals surface area contributed by atoms with Crippen LogP contribution >= 0.6 is 24.8 Å². The van der Waals surface area contributed by atoms with E-state index < -0.39 is 0 Å². The zero-order valence-corrected chi connectivity index (χ0v) is 13.4. The Kier molecular flexibility index (Phi) is 6.73. The molecule has 1 N–H and O–H groups in total. The summed E-state index contributed by atoms with van der Waals surface area (Å²) in [7, 11) is 0. The lowest BCUT2D eigenvalue weighted by Crippen LogP contribution is -2.45. The predicted molar refractivity (Wildman–Crippen MR) is 85.5 cm³/mol. The molecule has 2 fully saturated rings. The third kappa shape index (κ3) is 3.85. The lowest BCUT2D eigenvalue weighted by molar-refractivity contribution is 0.155. The van der Waals surface area contributed by atoms with Crippen molar-refractivity contribution in [3.05, 3.63) is 35.1 Å². The quantitative estimate of drug-likeness (QED) is 0.919. The van der Waals surface area contributed by atoms with E-state index in [2.05, 4.69) is 17.1 Å². The Morgan fingerprint density at radius 2 is 1.85 bits per heavy atom. The number of nitrogens with zero attached hydrogens (tertiary/aromatic N) is 1. The SMILES string of the molecule is Cc1ccc(F)cc1[C@H](C1CC1)N1CCNCC1.Cl.Cl. The molecule has 1 aliphatic carbocycles. The van der Waals surface area contributed by atoms with Gasteiger partial charge in [0.15, 0.2) is 0 Å². The molecular formula is C15H23Cl2FN2. The summed E-state index contributed by atoms with van der Waals surface area (Å²) in [5.74, 6) is 0.639. The van der Waals surface area contributed by atoms with E-state index in [1.807, 2.05) is 6.07 Å². The molecule has 1 aliphatic heterocycles. The first-order valence-corrected chi connectivity index (χ1v) is 6.96. The molecule has 0 spiro atoms. The molecule has 20 heavy (non-hydrogen) atoms. The minimum absolute atomic E-state index is 0. The van der Waals surface area contributed by atoms with Gasteiger partial charge in [0.05, 0.1) is 0 Å². The summed E-state index contributed by atoms with van der Waals surface area (Å²) in [4.78, 5) is 2.54. The summed E-state index contributed by atoms with van der Waals surface area (Å²) < 4.78 is 13.5. The van der Waals surface area contributed by atoms with Crippen LogP contribution in [0.5, 0.6) is 0 Å². The molecule has 0 amide bonds. The van der Waals surface area contributed by atoms with Crippen molar-refractivity contribution >= 4 is 24.8 Å². The minimum Gasteiger partial charge on any atom is -0.314 e. The highest BCUT2D eigenvalue weighted by Gasteiger charge is 2.37. The Hall–Kier alpha value is -0.350. The van der Waals surface area contributed by atoms with Gasteiger partial charge in [0.2, 0.25) is 0 Å². The molecule has 2 nitrogen and oxygen atoms in total. The van der Waals surface area contributed by atoms with Gasteiger partial charge in [0.25, 0.3) is 0 Å². The third-order valence-corrected chi connectivity index (χ3v) is 4.17. The average Bonchev–Trinajstić information content (AvgIpc) is 3.20. The fourth-order valence-corrected chi connectivity index (χ4v) is 3.05. The van der Waals surface area contributed by atoms with Crippen molar-refractivity contribution in [2.75, 3.05) is 26.2 Å². The van der Waals surface area contributed by atoms with Gasteiger partial charge in [-0.3, -0.25) is 4.90 Å². The molecule has 1 atom stereocenters. The molecule has 2 aliphatic rings. The summed E-state index contributed by atoms with van der Waals surface area (Å²) in [5.41, 5.74) is 2.44. The Morgan fingerprint density at radius 3 is 2.45 bits per heavy atom. The first-order chi connectivity index (χ1) is 8.75. The molecule has 1 aromatic rings. The second-order valence-electron chi connectivity index (χ2n) is 5.57. The van der Waals surface area contributed by atoms with E-state index in [4.69, 9.17) is 0 Å². The standard InChI is InChI=1S/C15H21FN2.2ClH/c1-11-2-5-13(16)10-14(11)15(12-3-4-12)18-8-6-17-7-9-18;;/h2,5,10,12,15,17H,3-4,6-9H2,1H3;2*1H/t15-;;/m0../s1. The maximum atomic E-state index is 13.5. The zero-order chi connectivity index (χ0) is 12.5. The van der Waals surface area contributed by atoms with Crippen molar-refractivity contribution in [3.63, 3.8) is 0 Å². The normalized spacial score (nSPS) is 20.7. The van der Waals surface area contributed by atoms with Crippen LogP contribution in [0.3, 0.4) is 0 Å². The second-order valence-corrected chi connectivity index (χ2v) is 5.57. The topological polar surface area (TPSA) is 15.3 Å². The molecule has 0 radical (unpaired) electrons. The monoisotopic (exact) mass is 320 g/mol. The van der Waals surface area contributed by atoms with Crippen molar-refractivity contribution < 1.29 is 4.39 Å². The maximum Gasteiger partial charge on any atom is 0.123 e. The van der Waals surface area contributed by atoms with Crippen LogP contribution in [0, 0.1) is 18.7 Å². The third-order valence-electron chi connectivity index (χ3n) is 4.17. The molecule has 5 heteroatoms. The second kappa shape index (κ2) is 7.60. The molecule has 1 aromatic carbocycles. The Morgan fingerprint density at radius 1 is 1.20 bits per heavy atom. The van der Waals surface area contributed by atoms with Gasteiger partial charge in [-0.25, -0.2) is 4.39 Å². The molecule has 0 aromatic heterocycles. The van der Waals surface area contributed by atoms with E-state index in [1.165, 1.54) is 24.0 Å². The molecule has 1 heterocycles. The van der Waals surface area contributed by atoms with Crippen molar-refractivity contribution in [3.8, 4) is 0 Å². The van der Waals surface area contributed by atoms with Crippen molar-refractivity contribution in [2.24, 2.45) is 5.92 Å². The van der Waals surface area contributed by atoms with Crippen LogP contribution in [0.25, 0.3) is 0 Å². The number of piperazine rings is 1. The van der Waals surface area contributed by atoms with Gasteiger partial charge in [-0.2, -0.15) is 0 Å². The largest absolute Gasteiger partial charge is 0.314 e. The molecule has 3 rings (SSSR count). The average molecular weight is 321 g/mol. The van der Waals surface area contributed by atoms with Gasteiger partial charge in [0, 0.05) is 32.2 Å². The smallest absolute Gasteiger partial charge is 0.123 e. The van der Waals surface area contributed by atoms with Crippen LogP contribution in [0.1, 0.15) is 30.0 Å². The van der Waals surface area contributed by atoms with Crippen LogP contribution in [-0.2, 0) is 0 Å². The van der Waals surface area contributed by atoms with Crippen molar-refractivity contribution in [1.29, 1.82) is 0 Å². The van der Waals surface area contributed by atoms with Gasteiger partial charge >= 0.3 is 0 Å². The summed E-state index contributed by atoms with van der Waals surface area (Å²) in [6, 6.07) is 5.67. The molecule has 0 bridgehead atoms. The number of aryl methyl sites for hydroxylation is 1. The summed E-state index contributed by atoms with van der Waals surface area (Å²) in [5, 5.41) is 3.39. The summed E-state index contributed by atoms with van der Waals surface area (Å²) in [6.07, 6.45) is 2.59. The molecule has 1 saturated heterocycles. The zero-order valence-electron chi connectivity index (χ0n) is 11.8. The lowest BCUT2D eigenvalue weighted by atomic mass is 9.95. The van der Waals surface area contributed by atoms with Gasteiger partial charge < -0.3 is 5.32 Å². The Balaban J connectivity index is 0.000001000. The van der Waals surface area contributed by atoms with Crippen LogP contribution in [0.15, 0.2) is 18.2 Å². The van der Waals surface area contributed by atoms with E-state index in [0.29, 0.717) is 6.04 Å². The first kappa shape index (κ1) is 17.7. The van der Waals surface area contributed by atoms with E-state index in [1.54, 1.807) is 12.1 Å². The van der Waals surface area contributed by atoms with Crippen LogP contribution < -0.4 is 5.32 Å². The van der Waals surface area contributed by atoms with Gasteiger partial charge in [-0.15, -0.1) is 24.8 Å². The number of rotatable bonds is 3. The minimum atomic E-state index is -0.101. The van der Waals surface area contributed by atoms with Gasteiger partial charge in [-0.05, 0) is 48.9 Å². The fraction of sp³-hybridized carbons (Fsp3) is 0.600. The van der Waals surface area contributed by atoms with Gasteiger partial charge in [0.1, 0.15) is 5.82 Å². The molecule has 0 unspecified atom stereocenters. The molecular weight excluding hydrogens is 298 g/mol. The summed E-state index contributed by atoms with van der Waals surface area (Å²) in [6.45, 7) is 6.37. The summed E-state index contributed by atoms with van der Waals surface area (Å²) >= 11 is 0. The number of halogens is 3. The molecule has 114 valence electrons. The highest BCUT2D eigenvalue weighted by Crippen LogP contribution is 2.45. The Labute approximate surface area is 132 Å². The number of hydrogen-bond donors (Lipinski definition) is 1. The molecule has 1 saturated carbocycles. The number of benzene rings is 1. The van der Waals surface area contributed by atoms with Crippen LogP contribution in [0.4, 0.5) is 4.39 Å². The van der Waals surface area contributed by atoms with E-state index >= 15 is 0 Å². The maximum absolute atomic E-state index is 13.5. The van der Waals surface area contributed by atoms with Crippen molar-refractivity contribution in [1.82, 2.24) is 10.2 Å². The fourth-order valence-electron chi connectivity index (χ4n) is 3.05. The number of hydrogen-bond acceptors (Lipinski definition) is 2. The van der Waals surface area contributed by atoms with E-state index in [-0.39, 0.29) is 30.6 Å². The lowest BCUT2D eigenvalue weighted by Gasteiger charge is -2.36. The Bertz CT molecular complexity index is 432. The van der Waals surface area contributed by atoms with Crippen molar-refractivity contribution in [2.45, 2.75) is 25.8 Å². The van der Waals surface area contributed by atoms with E-state index in [0.717, 1.165) is 32.1 Å². The van der Waals surface area contributed by atoms with Crippen LogP contribution in [0.2, 0.25) is 0 Å². The highest BCUT2D eigenvalue weighted by atomic mass is 35.5.